The summed E-state index contributed by atoms with van der Waals surface area (Å²) >= 11 is 1.79. The molecule has 2 aromatic heterocycles. The molecule has 0 saturated carbocycles. The van der Waals surface area contributed by atoms with Crippen molar-refractivity contribution in [3.05, 3.63) is 83.0 Å². The number of thiophene rings is 1. The minimum Gasteiger partial charge on any atom is -0.299 e. The van der Waals surface area contributed by atoms with Crippen LogP contribution in [0.5, 0.6) is 0 Å². The highest BCUT2D eigenvalue weighted by atomic mass is 32.1. The smallest absolute Gasteiger partial charge is 0.154 e. The fraction of sp³-hybridized carbons (Fsp3) is 0.296. The van der Waals surface area contributed by atoms with Crippen LogP contribution in [0.4, 0.5) is 0 Å². The standard InChI is InChI=1S/C27H30N2S/c1-6-20-12-15-30-26(20)27-28-13-14-29(27)25-23(18(2)3)16-22(17-24(25)19(4)5)21-10-8-7-9-11-21/h7-19H,6H2,1-5H3. The number of hydrogen-bond donors (Lipinski definition) is 0. The molecule has 3 heteroatoms. The predicted molar refractivity (Wildman–Crippen MR) is 130 cm³/mol. The van der Waals surface area contributed by atoms with Gasteiger partial charge in [0, 0.05) is 12.4 Å². The molecule has 0 atom stereocenters. The monoisotopic (exact) mass is 414 g/mol. The van der Waals surface area contributed by atoms with E-state index in [1.807, 2.05) is 6.20 Å². The third-order valence-corrected chi connectivity index (χ3v) is 6.69. The van der Waals surface area contributed by atoms with Gasteiger partial charge in [0.25, 0.3) is 0 Å². The molecule has 0 fully saturated rings. The molecule has 4 rings (SSSR count). The van der Waals surface area contributed by atoms with Crippen LogP contribution in [0.1, 0.15) is 63.1 Å². The molecule has 154 valence electrons. The fourth-order valence-corrected chi connectivity index (χ4v) is 5.09. The van der Waals surface area contributed by atoms with E-state index >= 15 is 0 Å². The summed E-state index contributed by atoms with van der Waals surface area (Å²) in [5, 5.41) is 2.18. The largest absolute Gasteiger partial charge is 0.299 e. The summed E-state index contributed by atoms with van der Waals surface area (Å²) in [6.07, 6.45) is 5.09. The summed E-state index contributed by atoms with van der Waals surface area (Å²) in [5.41, 5.74) is 7.96. The number of aryl methyl sites for hydroxylation is 1. The number of aromatic nitrogens is 2. The average Bonchev–Trinajstić information content (AvgIpc) is 3.42. The zero-order valence-electron chi connectivity index (χ0n) is 18.5. The van der Waals surface area contributed by atoms with Gasteiger partial charge in [0.2, 0.25) is 0 Å². The first-order valence-electron chi connectivity index (χ1n) is 10.8. The molecule has 30 heavy (non-hydrogen) atoms. The van der Waals surface area contributed by atoms with Crippen molar-refractivity contribution < 1.29 is 0 Å². The van der Waals surface area contributed by atoms with Gasteiger partial charge >= 0.3 is 0 Å². The van der Waals surface area contributed by atoms with Gasteiger partial charge in [-0.2, -0.15) is 0 Å². The first kappa shape index (κ1) is 20.6. The second-order valence-corrected chi connectivity index (χ2v) is 9.34. The SMILES string of the molecule is CCc1ccsc1-c1nccn1-c1c(C(C)C)cc(-c2ccccc2)cc1C(C)C. The lowest BCUT2D eigenvalue weighted by Gasteiger charge is -2.23. The Hall–Kier alpha value is -2.65. The summed E-state index contributed by atoms with van der Waals surface area (Å²) in [5.74, 6) is 1.87. The van der Waals surface area contributed by atoms with E-state index in [1.165, 1.54) is 38.4 Å². The van der Waals surface area contributed by atoms with Crippen LogP contribution in [0, 0.1) is 0 Å². The fourth-order valence-electron chi connectivity index (χ4n) is 4.10. The Morgan fingerprint density at radius 2 is 1.57 bits per heavy atom. The Kier molecular flexibility index (Phi) is 5.92. The molecule has 0 amide bonds. The third kappa shape index (κ3) is 3.75. The van der Waals surface area contributed by atoms with Crippen molar-refractivity contribution in [2.24, 2.45) is 0 Å². The lowest BCUT2D eigenvalue weighted by Crippen LogP contribution is -2.08. The summed E-state index contributed by atoms with van der Waals surface area (Å²) in [6, 6.07) is 17.7. The van der Waals surface area contributed by atoms with E-state index in [9.17, 15) is 0 Å². The van der Waals surface area contributed by atoms with Crippen molar-refractivity contribution in [3.63, 3.8) is 0 Å². The van der Waals surface area contributed by atoms with E-state index in [0.717, 1.165) is 12.2 Å². The molecule has 2 nitrogen and oxygen atoms in total. The Morgan fingerprint density at radius 1 is 0.900 bits per heavy atom. The van der Waals surface area contributed by atoms with Crippen molar-refractivity contribution in [2.75, 3.05) is 0 Å². The third-order valence-electron chi connectivity index (χ3n) is 5.73. The molecule has 0 aliphatic carbocycles. The molecule has 0 aliphatic rings. The van der Waals surface area contributed by atoms with Crippen molar-refractivity contribution in [2.45, 2.75) is 52.9 Å². The first-order chi connectivity index (χ1) is 14.5. The highest BCUT2D eigenvalue weighted by Gasteiger charge is 2.21. The molecule has 0 N–H and O–H groups in total. The van der Waals surface area contributed by atoms with Crippen LogP contribution in [0.2, 0.25) is 0 Å². The Morgan fingerprint density at radius 3 is 2.17 bits per heavy atom. The second kappa shape index (κ2) is 8.61. The van der Waals surface area contributed by atoms with E-state index in [4.69, 9.17) is 4.98 Å². The highest BCUT2D eigenvalue weighted by molar-refractivity contribution is 7.13. The van der Waals surface area contributed by atoms with E-state index < -0.39 is 0 Å². The van der Waals surface area contributed by atoms with Gasteiger partial charge in [-0.25, -0.2) is 4.98 Å². The van der Waals surface area contributed by atoms with Gasteiger partial charge < -0.3 is 0 Å². The van der Waals surface area contributed by atoms with Crippen LogP contribution in [-0.2, 0) is 6.42 Å². The van der Waals surface area contributed by atoms with Gasteiger partial charge in [-0.3, -0.25) is 4.57 Å². The van der Waals surface area contributed by atoms with E-state index in [1.54, 1.807) is 11.3 Å². The molecule has 0 radical (unpaired) electrons. The zero-order chi connectivity index (χ0) is 21.3. The number of hydrogen-bond acceptors (Lipinski definition) is 2. The lowest BCUT2D eigenvalue weighted by atomic mass is 9.88. The number of benzene rings is 2. The Balaban J connectivity index is 1.98. The minimum atomic E-state index is 0.408. The van der Waals surface area contributed by atoms with Crippen molar-refractivity contribution in [1.82, 2.24) is 9.55 Å². The number of imidazole rings is 1. The molecular weight excluding hydrogens is 384 g/mol. The molecule has 4 aromatic rings. The van der Waals surface area contributed by atoms with Crippen LogP contribution >= 0.6 is 11.3 Å². The summed E-state index contributed by atoms with van der Waals surface area (Å²) in [7, 11) is 0. The normalized spacial score (nSPS) is 11.6. The maximum Gasteiger partial charge on any atom is 0.154 e. The van der Waals surface area contributed by atoms with Crippen LogP contribution in [0.25, 0.3) is 27.5 Å². The molecule has 2 heterocycles. The van der Waals surface area contributed by atoms with Gasteiger partial charge in [-0.15, -0.1) is 11.3 Å². The van der Waals surface area contributed by atoms with Gasteiger partial charge in [0.15, 0.2) is 5.82 Å². The topological polar surface area (TPSA) is 17.8 Å². The second-order valence-electron chi connectivity index (χ2n) is 8.43. The molecule has 0 bridgehead atoms. The van der Waals surface area contributed by atoms with Crippen LogP contribution < -0.4 is 0 Å². The Bertz CT molecular complexity index is 1100. The van der Waals surface area contributed by atoms with Crippen molar-refractivity contribution >= 4 is 11.3 Å². The highest BCUT2D eigenvalue weighted by Crippen LogP contribution is 2.39. The van der Waals surface area contributed by atoms with Gasteiger partial charge in [-0.05, 0) is 69.7 Å². The van der Waals surface area contributed by atoms with Crippen LogP contribution in [-0.4, -0.2) is 9.55 Å². The van der Waals surface area contributed by atoms with Crippen molar-refractivity contribution in [3.8, 4) is 27.5 Å². The summed E-state index contributed by atoms with van der Waals surface area (Å²) < 4.78 is 2.32. The molecule has 2 aromatic carbocycles. The van der Waals surface area contributed by atoms with Gasteiger partial charge in [0.1, 0.15) is 0 Å². The maximum absolute atomic E-state index is 4.80. The van der Waals surface area contributed by atoms with Crippen molar-refractivity contribution in [1.29, 1.82) is 0 Å². The molecule has 0 unspecified atom stereocenters. The van der Waals surface area contributed by atoms with Crippen LogP contribution in [0.3, 0.4) is 0 Å². The minimum absolute atomic E-state index is 0.408. The predicted octanol–water partition coefficient (Wildman–Crippen LogP) is 8.08. The lowest BCUT2D eigenvalue weighted by molar-refractivity contribution is 0.807. The zero-order valence-corrected chi connectivity index (χ0v) is 19.3. The van der Waals surface area contributed by atoms with E-state index in [-0.39, 0.29) is 0 Å². The van der Waals surface area contributed by atoms with Crippen LogP contribution in [0.15, 0.2) is 66.3 Å². The number of rotatable bonds is 6. The first-order valence-corrected chi connectivity index (χ1v) is 11.7. The summed E-state index contributed by atoms with van der Waals surface area (Å²) in [6.45, 7) is 11.4. The molecule has 0 saturated heterocycles. The Labute approximate surface area is 184 Å². The van der Waals surface area contributed by atoms with Gasteiger partial charge in [-0.1, -0.05) is 65.0 Å². The molecule has 0 spiro atoms. The quantitative estimate of drug-likeness (QED) is 0.312. The van der Waals surface area contributed by atoms with E-state index in [0.29, 0.717) is 11.8 Å². The number of nitrogens with zero attached hydrogens (tertiary/aromatic N) is 2. The van der Waals surface area contributed by atoms with Gasteiger partial charge in [0.05, 0.1) is 10.6 Å². The average molecular weight is 415 g/mol. The summed E-state index contributed by atoms with van der Waals surface area (Å²) in [4.78, 5) is 6.08. The van der Waals surface area contributed by atoms with E-state index in [2.05, 4.69) is 99.3 Å². The molecular formula is C27H30N2S. The maximum atomic E-state index is 4.80. The molecule has 0 aliphatic heterocycles.